The number of hydrogen-bond donors (Lipinski definition) is 1. The van der Waals surface area contributed by atoms with Gasteiger partial charge in [-0.2, -0.15) is 0 Å². The molecule has 4 aromatic rings. The van der Waals surface area contributed by atoms with Crippen molar-refractivity contribution in [3.63, 3.8) is 0 Å². The fourth-order valence-electron chi connectivity index (χ4n) is 2.69. The highest BCUT2D eigenvalue weighted by molar-refractivity contribution is 6.06. The maximum atomic E-state index is 12.5. The highest BCUT2D eigenvalue weighted by Crippen LogP contribution is 2.20. The van der Waals surface area contributed by atoms with Crippen molar-refractivity contribution < 1.29 is 4.79 Å². The van der Waals surface area contributed by atoms with Gasteiger partial charge in [-0.1, -0.05) is 42.5 Å². The standard InChI is InChI=1S/C20H15N3O/c24-20(22-18-7-4-13-23-14-12-21-19(18)23)17-10-8-16(9-11-17)15-5-2-1-3-6-15/h1-14H,(H,22,24). The molecule has 0 fully saturated rings. The zero-order chi connectivity index (χ0) is 16.4. The largest absolute Gasteiger partial charge is 0.319 e. The number of anilines is 1. The van der Waals surface area contributed by atoms with Crippen LogP contribution in [0.3, 0.4) is 0 Å². The number of nitrogens with one attached hydrogen (secondary N) is 1. The molecule has 4 heteroatoms. The molecule has 0 atom stereocenters. The Kier molecular flexibility index (Phi) is 3.56. The lowest BCUT2D eigenvalue weighted by atomic mass is 10.0. The minimum atomic E-state index is -0.147. The molecule has 4 nitrogen and oxygen atoms in total. The molecule has 2 aromatic carbocycles. The summed E-state index contributed by atoms with van der Waals surface area (Å²) in [6.07, 6.45) is 5.45. The maximum absolute atomic E-state index is 12.5. The summed E-state index contributed by atoms with van der Waals surface area (Å²) >= 11 is 0. The second kappa shape index (κ2) is 6.01. The van der Waals surface area contributed by atoms with E-state index in [1.807, 2.05) is 83.5 Å². The van der Waals surface area contributed by atoms with Gasteiger partial charge in [-0.3, -0.25) is 4.79 Å². The Bertz CT molecular complexity index is 988. The summed E-state index contributed by atoms with van der Waals surface area (Å²) in [4.78, 5) is 16.7. The first-order valence-corrected chi connectivity index (χ1v) is 7.70. The van der Waals surface area contributed by atoms with Gasteiger partial charge in [0.2, 0.25) is 0 Å². The van der Waals surface area contributed by atoms with Crippen molar-refractivity contribution in [2.24, 2.45) is 0 Å². The molecule has 0 saturated heterocycles. The van der Waals surface area contributed by atoms with Gasteiger partial charge in [-0.15, -0.1) is 0 Å². The van der Waals surface area contributed by atoms with Crippen LogP contribution in [0.2, 0.25) is 0 Å². The second-order valence-electron chi connectivity index (χ2n) is 5.48. The van der Waals surface area contributed by atoms with E-state index in [2.05, 4.69) is 10.3 Å². The van der Waals surface area contributed by atoms with E-state index in [4.69, 9.17) is 0 Å². The molecule has 1 amide bonds. The molecule has 24 heavy (non-hydrogen) atoms. The number of fused-ring (bicyclic) bond motifs is 1. The Morgan fingerprint density at radius 1 is 0.833 bits per heavy atom. The van der Waals surface area contributed by atoms with E-state index in [1.54, 1.807) is 6.20 Å². The minimum absolute atomic E-state index is 0.147. The number of carbonyl (C=O) groups is 1. The topological polar surface area (TPSA) is 46.4 Å². The van der Waals surface area contributed by atoms with Crippen LogP contribution in [0.5, 0.6) is 0 Å². The molecule has 0 spiro atoms. The van der Waals surface area contributed by atoms with Gasteiger partial charge < -0.3 is 9.72 Å². The fourth-order valence-corrected chi connectivity index (χ4v) is 2.69. The summed E-state index contributed by atoms with van der Waals surface area (Å²) in [5.74, 6) is -0.147. The first-order valence-electron chi connectivity index (χ1n) is 7.70. The number of pyridine rings is 1. The van der Waals surface area contributed by atoms with Gasteiger partial charge in [0.25, 0.3) is 5.91 Å². The predicted molar refractivity (Wildman–Crippen MR) is 95.0 cm³/mol. The summed E-state index contributed by atoms with van der Waals surface area (Å²) < 4.78 is 1.87. The highest BCUT2D eigenvalue weighted by Gasteiger charge is 2.09. The van der Waals surface area contributed by atoms with Gasteiger partial charge in [0.05, 0.1) is 5.69 Å². The summed E-state index contributed by atoms with van der Waals surface area (Å²) in [5.41, 5.74) is 4.25. The summed E-state index contributed by atoms with van der Waals surface area (Å²) in [6, 6.07) is 21.4. The van der Waals surface area contributed by atoms with E-state index in [0.717, 1.165) is 16.8 Å². The molecule has 0 aliphatic heterocycles. The average molecular weight is 313 g/mol. The second-order valence-corrected chi connectivity index (χ2v) is 5.48. The Morgan fingerprint density at radius 2 is 1.58 bits per heavy atom. The normalized spacial score (nSPS) is 10.7. The molecule has 2 aromatic heterocycles. The molecule has 1 N–H and O–H groups in total. The van der Waals surface area contributed by atoms with Crippen LogP contribution in [0.15, 0.2) is 85.3 Å². The van der Waals surface area contributed by atoms with E-state index in [9.17, 15) is 4.79 Å². The van der Waals surface area contributed by atoms with Crippen LogP contribution in [0, 0.1) is 0 Å². The summed E-state index contributed by atoms with van der Waals surface area (Å²) in [7, 11) is 0. The predicted octanol–water partition coefficient (Wildman–Crippen LogP) is 4.25. The first-order chi connectivity index (χ1) is 11.8. The molecular formula is C20H15N3O. The first kappa shape index (κ1) is 14.2. The number of imidazole rings is 1. The average Bonchev–Trinajstić information content (AvgIpc) is 3.12. The van der Waals surface area contributed by atoms with Crippen molar-refractivity contribution in [3.05, 3.63) is 90.9 Å². The Balaban J connectivity index is 1.58. The van der Waals surface area contributed by atoms with Crippen molar-refractivity contribution in [2.75, 3.05) is 5.32 Å². The van der Waals surface area contributed by atoms with Crippen LogP contribution in [0.25, 0.3) is 16.8 Å². The van der Waals surface area contributed by atoms with E-state index < -0.39 is 0 Å². The summed E-state index contributed by atoms with van der Waals surface area (Å²) in [5, 5.41) is 2.92. The van der Waals surface area contributed by atoms with Gasteiger partial charge in [0.1, 0.15) is 0 Å². The third-order valence-corrected chi connectivity index (χ3v) is 3.92. The molecule has 4 rings (SSSR count). The molecule has 0 saturated carbocycles. The van der Waals surface area contributed by atoms with Crippen molar-refractivity contribution in [1.29, 1.82) is 0 Å². The Hall–Kier alpha value is -3.40. The lowest BCUT2D eigenvalue weighted by molar-refractivity contribution is 0.102. The number of carbonyl (C=O) groups excluding carboxylic acids is 1. The molecule has 0 radical (unpaired) electrons. The zero-order valence-corrected chi connectivity index (χ0v) is 12.9. The van der Waals surface area contributed by atoms with Crippen molar-refractivity contribution in [2.45, 2.75) is 0 Å². The van der Waals surface area contributed by atoms with Crippen molar-refractivity contribution in [3.8, 4) is 11.1 Å². The van der Waals surface area contributed by atoms with Crippen LogP contribution < -0.4 is 5.32 Å². The molecule has 0 aliphatic carbocycles. The third kappa shape index (κ3) is 2.65. The van der Waals surface area contributed by atoms with Gasteiger partial charge >= 0.3 is 0 Å². The van der Waals surface area contributed by atoms with Crippen LogP contribution in [0.1, 0.15) is 10.4 Å². The van der Waals surface area contributed by atoms with E-state index >= 15 is 0 Å². The monoisotopic (exact) mass is 313 g/mol. The Labute approximate surface area is 139 Å². The molecule has 116 valence electrons. The maximum Gasteiger partial charge on any atom is 0.255 e. The smallest absolute Gasteiger partial charge is 0.255 e. The third-order valence-electron chi connectivity index (χ3n) is 3.92. The van der Waals surface area contributed by atoms with Gasteiger partial charge in [0, 0.05) is 24.2 Å². The minimum Gasteiger partial charge on any atom is -0.319 e. The summed E-state index contributed by atoms with van der Waals surface area (Å²) in [6.45, 7) is 0. The number of nitrogens with zero attached hydrogens (tertiary/aromatic N) is 2. The van der Waals surface area contributed by atoms with Crippen molar-refractivity contribution in [1.82, 2.24) is 9.38 Å². The highest BCUT2D eigenvalue weighted by atomic mass is 16.1. The fraction of sp³-hybridized carbons (Fsp3) is 0. The Morgan fingerprint density at radius 3 is 2.38 bits per heavy atom. The number of hydrogen-bond acceptors (Lipinski definition) is 2. The van der Waals surface area contributed by atoms with Crippen LogP contribution in [-0.4, -0.2) is 15.3 Å². The quantitative estimate of drug-likeness (QED) is 0.614. The van der Waals surface area contributed by atoms with Crippen LogP contribution in [-0.2, 0) is 0 Å². The SMILES string of the molecule is O=C(Nc1cccn2ccnc12)c1ccc(-c2ccccc2)cc1. The van der Waals surface area contributed by atoms with E-state index in [0.29, 0.717) is 11.3 Å². The number of rotatable bonds is 3. The molecule has 0 bridgehead atoms. The lowest BCUT2D eigenvalue weighted by Crippen LogP contribution is -2.12. The van der Waals surface area contributed by atoms with Crippen molar-refractivity contribution >= 4 is 17.2 Å². The van der Waals surface area contributed by atoms with Gasteiger partial charge in [0.15, 0.2) is 5.65 Å². The lowest BCUT2D eigenvalue weighted by Gasteiger charge is -2.07. The van der Waals surface area contributed by atoms with Gasteiger partial charge in [-0.05, 0) is 35.4 Å². The number of benzene rings is 2. The molecule has 0 unspecified atom stereocenters. The molecule has 2 heterocycles. The van der Waals surface area contributed by atoms with Gasteiger partial charge in [-0.25, -0.2) is 4.98 Å². The van der Waals surface area contributed by atoms with E-state index in [1.165, 1.54) is 0 Å². The number of aromatic nitrogens is 2. The molecular weight excluding hydrogens is 298 g/mol. The van der Waals surface area contributed by atoms with E-state index in [-0.39, 0.29) is 5.91 Å². The van der Waals surface area contributed by atoms with Crippen LogP contribution >= 0.6 is 0 Å². The molecule has 0 aliphatic rings. The van der Waals surface area contributed by atoms with Crippen LogP contribution in [0.4, 0.5) is 5.69 Å². The number of amides is 1. The zero-order valence-electron chi connectivity index (χ0n) is 12.9.